The van der Waals surface area contributed by atoms with E-state index in [1.165, 1.54) is 12.1 Å². The van der Waals surface area contributed by atoms with Crippen LogP contribution >= 0.6 is 0 Å². The minimum Gasteiger partial charge on any atom is -0.382 e. The van der Waals surface area contributed by atoms with Crippen LogP contribution in [0.5, 0.6) is 0 Å². The molecule has 0 spiro atoms. The van der Waals surface area contributed by atoms with Gasteiger partial charge in [0.05, 0.1) is 10.5 Å². The van der Waals surface area contributed by atoms with E-state index in [4.69, 9.17) is 5.26 Å². The van der Waals surface area contributed by atoms with Crippen molar-refractivity contribution in [1.29, 1.82) is 5.26 Å². The molecule has 0 radical (unpaired) electrons. The number of allylic oxidation sites excluding steroid dienone is 1. The van der Waals surface area contributed by atoms with Crippen LogP contribution in [0.3, 0.4) is 0 Å². The largest absolute Gasteiger partial charge is 0.382 e. The Balaban J connectivity index is 3.18. The summed E-state index contributed by atoms with van der Waals surface area (Å²) < 4.78 is 0. The average Bonchev–Trinajstić information content (AvgIpc) is 2.25. The highest BCUT2D eigenvalue weighted by Gasteiger charge is 2.08. The van der Waals surface area contributed by atoms with Gasteiger partial charge in [-0.15, -0.1) is 0 Å². The minimum atomic E-state index is -0.478. The van der Waals surface area contributed by atoms with Gasteiger partial charge in [0.15, 0.2) is 0 Å². The van der Waals surface area contributed by atoms with Crippen LogP contribution < -0.4 is 0 Å². The molecule has 1 aromatic carbocycles. The second kappa shape index (κ2) is 4.94. The monoisotopic (exact) mass is 217 g/mol. The van der Waals surface area contributed by atoms with Crippen molar-refractivity contribution in [3.05, 3.63) is 46.1 Å². The van der Waals surface area contributed by atoms with E-state index < -0.39 is 4.92 Å². The van der Waals surface area contributed by atoms with Gasteiger partial charge in [0, 0.05) is 38.0 Å². The number of hydrogen-bond donors (Lipinski definition) is 0. The second-order valence-corrected chi connectivity index (χ2v) is 3.43. The lowest BCUT2D eigenvalue weighted by Crippen LogP contribution is -2.02. The molecule has 0 fully saturated rings. The van der Waals surface area contributed by atoms with Crippen LogP contribution in [0, 0.1) is 21.4 Å². The van der Waals surface area contributed by atoms with Crippen LogP contribution in [0.4, 0.5) is 5.69 Å². The Hall–Kier alpha value is -2.35. The molecule has 0 aliphatic carbocycles. The maximum Gasteiger partial charge on any atom is 0.270 e. The van der Waals surface area contributed by atoms with Gasteiger partial charge in [-0.05, 0) is 0 Å². The molecule has 5 heteroatoms. The average molecular weight is 217 g/mol. The lowest BCUT2D eigenvalue weighted by atomic mass is 10.1. The van der Waals surface area contributed by atoms with Crippen molar-refractivity contribution >= 4 is 11.3 Å². The highest BCUT2D eigenvalue weighted by atomic mass is 16.6. The molecule has 1 aromatic rings. The number of rotatable bonds is 3. The summed E-state index contributed by atoms with van der Waals surface area (Å²) in [6.07, 6.45) is 1.62. The molecule has 0 saturated heterocycles. The molecule has 0 saturated carbocycles. The number of non-ortho nitro benzene ring substituents is 1. The van der Waals surface area contributed by atoms with E-state index in [1.807, 2.05) is 6.07 Å². The minimum absolute atomic E-state index is 0.0163. The fourth-order valence-corrected chi connectivity index (χ4v) is 1.21. The first-order chi connectivity index (χ1) is 7.54. The highest BCUT2D eigenvalue weighted by Crippen LogP contribution is 2.19. The Kier molecular flexibility index (Phi) is 3.62. The molecule has 82 valence electrons. The van der Waals surface area contributed by atoms with Crippen molar-refractivity contribution in [3.8, 4) is 6.07 Å². The third kappa shape index (κ3) is 2.82. The molecule has 0 N–H and O–H groups in total. The van der Waals surface area contributed by atoms with Crippen LogP contribution in [0.25, 0.3) is 5.57 Å². The molecular formula is C11H11N3O2. The second-order valence-electron chi connectivity index (χ2n) is 3.43. The summed E-state index contributed by atoms with van der Waals surface area (Å²) in [6.45, 7) is 0. The van der Waals surface area contributed by atoms with E-state index in [1.54, 1.807) is 37.3 Å². The van der Waals surface area contributed by atoms with Crippen molar-refractivity contribution in [2.45, 2.75) is 0 Å². The molecule has 0 aliphatic heterocycles. The standard InChI is InChI=1S/C11H11N3O2/c1-13(2)8-10(7-12)9-4-3-5-11(6-9)14(15)16/h3-6,8H,1-2H3. The van der Waals surface area contributed by atoms with Crippen molar-refractivity contribution in [2.75, 3.05) is 14.1 Å². The summed E-state index contributed by atoms with van der Waals surface area (Å²) in [7, 11) is 3.57. The molecule has 0 unspecified atom stereocenters. The van der Waals surface area contributed by atoms with E-state index in [9.17, 15) is 10.1 Å². The quantitative estimate of drug-likeness (QED) is 0.441. The topological polar surface area (TPSA) is 70.2 Å². The Bertz CT molecular complexity index is 472. The van der Waals surface area contributed by atoms with Gasteiger partial charge in [-0.1, -0.05) is 12.1 Å². The maximum atomic E-state index is 10.6. The van der Waals surface area contributed by atoms with Gasteiger partial charge < -0.3 is 4.90 Å². The summed E-state index contributed by atoms with van der Waals surface area (Å²) >= 11 is 0. The predicted octanol–water partition coefficient (Wildman–Crippen LogP) is 2.02. The summed E-state index contributed by atoms with van der Waals surface area (Å²) in [4.78, 5) is 11.8. The van der Waals surface area contributed by atoms with Gasteiger partial charge in [0.1, 0.15) is 6.07 Å². The van der Waals surface area contributed by atoms with Gasteiger partial charge in [-0.2, -0.15) is 5.26 Å². The smallest absolute Gasteiger partial charge is 0.270 e. The Morgan fingerprint density at radius 2 is 2.25 bits per heavy atom. The van der Waals surface area contributed by atoms with Crippen LogP contribution in [0.1, 0.15) is 5.56 Å². The number of nitro groups is 1. The van der Waals surface area contributed by atoms with E-state index in [0.717, 1.165) is 0 Å². The van der Waals surface area contributed by atoms with Crippen molar-refractivity contribution in [1.82, 2.24) is 4.90 Å². The maximum absolute atomic E-state index is 10.6. The molecule has 1 rings (SSSR count). The summed E-state index contributed by atoms with van der Waals surface area (Å²) in [6, 6.07) is 8.03. The number of nitro benzene ring substituents is 1. The fraction of sp³-hybridized carbons (Fsp3) is 0.182. The van der Waals surface area contributed by atoms with Gasteiger partial charge in [0.2, 0.25) is 0 Å². The van der Waals surface area contributed by atoms with Gasteiger partial charge in [0.25, 0.3) is 5.69 Å². The zero-order chi connectivity index (χ0) is 12.1. The first-order valence-electron chi connectivity index (χ1n) is 4.58. The first kappa shape index (κ1) is 11.7. The predicted molar refractivity (Wildman–Crippen MR) is 60.4 cm³/mol. The zero-order valence-electron chi connectivity index (χ0n) is 9.04. The molecular weight excluding hydrogens is 206 g/mol. The number of nitriles is 1. The zero-order valence-corrected chi connectivity index (χ0v) is 9.04. The van der Waals surface area contributed by atoms with E-state index >= 15 is 0 Å². The van der Waals surface area contributed by atoms with E-state index in [-0.39, 0.29) is 5.69 Å². The highest BCUT2D eigenvalue weighted by molar-refractivity contribution is 5.77. The van der Waals surface area contributed by atoms with E-state index in [0.29, 0.717) is 11.1 Å². The van der Waals surface area contributed by atoms with Crippen molar-refractivity contribution in [3.63, 3.8) is 0 Å². The van der Waals surface area contributed by atoms with E-state index in [2.05, 4.69) is 0 Å². The van der Waals surface area contributed by atoms with Crippen LogP contribution in [-0.2, 0) is 0 Å². The molecule has 0 bridgehead atoms. The van der Waals surface area contributed by atoms with Crippen molar-refractivity contribution < 1.29 is 4.92 Å². The van der Waals surface area contributed by atoms with Crippen LogP contribution in [-0.4, -0.2) is 23.9 Å². The molecule has 16 heavy (non-hydrogen) atoms. The molecule has 5 nitrogen and oxygen atoms in total. The van der Waals surface area contributed by atoms with Gasteiger partial charge >= 0.3 is 0 Å². The normalized spacial score (nSPS) is 10.7. The van der Waals surface area contributed by atoms with Gasteiger partial charge in [-0.3, -0.25) is 10.1 Å². The summed E-state index contributed by atoms with van der Waals surface area (Å²) in [5.74, 6) is 0. The Morgan fingerprint density at radius 1 is 1.56 bits per heavy atom. The van der Waals surface area contributed by atoms with Crippen molar-refractivity contribution in [2.24, 2.45) is 0 Å². The summed E-state index contributed by atoms with van der Waals surface area (Å²) in [5.41, 5.74) is 0.927. The third-order valence-electron chi connectivity index (χ3n) is 1.88. The molecule has 0 aliphatic rings. The lowest BCUT2D eigenvalue weighted by Gasteiger charge is -2.06. The van der Waals surface area contributed by atoms with Crippen LogP contribution in [0.15, 0.2) is 30.5 Å². The molecule has 0 atom stereocenters. The number of benzene rings is 1. The Morgan fingerprint density at radius 3 is 2.75 bits per heavy atom. The summed E-state index contributed by atoms with van der Waals surface area (Å²) in [5, 5.41) is 19.5. The number of hydrogen-bond acceptors (Lipinski definition) is 4. The molecule has 0 heterocycles. The molecule has 0 amide bonds. The number of nitrogens with zero attached hydrogens (tertiary/aromatic N) is 3. The molecule has 0 aromatic heterocycles. The fourth-order valence-electron chi connectivity index (χ4n) is 1.21. The lowest BCUT2D eigenvalue weighted by molar-refractivity contribution is -0.384. The van der Waals surface area contributed by atoms with Gasteiger partial charge in [-0.25, -0.2) is 0 Å². The first-order valence-corrected chi connectivity index (χ1v) is 4.58. The van der Waals surface area contributed by atoms with Crippen LogP contribution in [0.2, 0.25) is 0 Å². The third-order valence-corrected chi connectivity index (χ3v) is 1.88. The SMILES string of the molecule is CN(C)C=C(C#N)c1cccc([N+](=O)[O-])c1. The Labute approximate surface area is 93.4 Å².